The number of likely N-dealkylation sites (N-methyl/N-ethyl adjacent to an activating group) is 1. The highest BCUT2D eigenvalue weighted by Crippen LogP contribution is 2.31. The Balaban J connectivity index is 2.27. The lowest BCUT2D eigenvalue weighted by atomic mass is 9.76. The minimum Gasteiger partial charge on any atom is -0.299 e. The van der Waals surface area contributed by atoms with Gasteiger partial charge in [-0.2, -0.15) is 0 Å². The van der Waals surface area contributed by atoms with Crippen LogP contribution < -0.4 is 4.90 Å². The largest absolute Gasteiger partial charge is 0.299 e. The molecule has 0 aliphatic heterocycles. The Hall–Kier alpha value is -2.98. The molecule has 0 aliphatic rings. The van der Waals surface area contributed by atoms with Crippen LogP contribution in [0.15, 0.2) is 79.0 Å². The molecular weight excluding hydrogens is 384 g/mol. The van der Waals surface area contributed by atoms with Crippen molar-refractivity contribution in [2.45, 2.75) is 46.1 Å². The minimum atomic E-state index is -0.176. The third kappa shape index (κ3) is 6.25. The maximum absolute atomic E-state index is 12.1. The van der Waals surface area contributed by atoms with Crippen LogP contribution in [0, 0.1) is 0 Å². The maximum Gasteiger partial charge on any atom is 0.227 e. The fraction of sp³-hybridized carbons (Fsp3) is 0.333. The molecule has 0 spiro atoms. The van der Waals surface area contributed by atoms with Crippen molar-refractivity contribution in [3.8, 4) is 0 Å². The van der Waals surface area contributed by atoms with Crippen molar-refractivity contribution in [1.82, 2.24) is 4.90 Å². The minimum absolute atomic E-state index is 0.0380. The third-order valence-electron chi connectivity index (χ3n) is 5.76. The van der Waals surface area contributed by atoms with Crippen LogP contribution in [0.5, 0.6) is 0 Å². The van der Waals surface area contributed by atoms with E-state index in [0.717, 1.165) is 17.8 Å². The molecule has 1 unspecified atom stereocenters. The standard InChI is InChI=1S/C27H34N2O2/c1-7-28(6)26(27(4,5)24-18-16-23(17-19-24)21(2)30)15-11-12-20-29(22(3)31)25-13-9-8-10-14-25/h8-20,26H,7H2,1-6H3. The van der Waals surface area contributed by atoms with E-state index in [0.29, 0.717) is 0 Å². The Morgan fingerprint density at radius 1 is 0.968 bits per heavy atom. The molecule has 4 nitrogen and oxygen atoms in total. The van der Waals surface area contributed by atoms with Crippen LogP contribution in [-0.2, 0) is 10.2 Å². The summed E-state index contributed by atoms with van der Waals surface area (Å²) in [6.45, 7) is 10.6. The molecule has 0 bridgehead atoms. The molecule has 0 fully saturated rings. The van der Waals surface area contributed by atoms with Gasteiger partial charge in [0.2, 0.25) is 5.91 Å². The van der Waals surface area contributed by atoms with Gasteiger partial charge in [0.1, 0.15) is 0 Å². The Kier molecular flexibility index (Phi) is 8.52. The van der Waals surface area contributed by atoms with Crippen LogP contribution in [0.1, 0.15) is 50.5 Å². The number of anilines is 1. The average molecular weight is 419 g/mol. The molecule has 164 valence electrons. The number of hydrogen-bond acceptors (Lipinski definition) is 3. The van der Waals surface area contributed by atoms with E-state index in [-0.39, 0.29) is 23.1 Å². The zero-order chi connectivity index (χ0) is 23.0. The van der Waals surface area contributed by atoms with E-state index in [1.807, 2.05) is 66.7 Å². The predicted octanol–water partition coefficient (Wildman–Crippen LogP) is 5.61. The van der Waals surface area contributed by atoms with Gasteiger partial charge in [0.05, 0.1) is 0 Å². The van der Waals surface area contributed by atoms with Gasteiger partial charge in [-0.15, -0.1) is 0 Å². The van der Waals surface area contributed by atoms with Gasteiger partial charge >= 0.3 is 0 Å². The van der Waals surface area contributed by atoms with Gasteiger partial charge in [0.15, 0.2) is 5.78 Å². The Bertz CT molecular complexity index is 927. The Labute approximate surface area is 186 Å². The van der Waals surface area contributed by atoms with E-state index in [2.05, 4.69) is 38.8 Å². The highest BCUT2D eigenvalue weighted by atomic mass is 16.2. The summed E-state index contributed by atoms with van der Waals surface area (Å²) in [5.74, 6) is 0.0361. The van der Waals surface area contributed by atoms with E-state index < -0.39 is 0 Å². The molecule has 2 aromatic carbocycles. The number of rotatable bonds is 9. The second-order valence-corrected chi connectivity index (χ2v) is 8.32. The Morgan fingerprint density at radius 2 is 1.58 bits per heavy atom. The molecule has 1 amide bonds. The van der Waals surface area contributed by atoms with Crippen molar-refractivity contribution < 1.29 is 9.59 Å². The van der Waals surface area contributed by atoms with Crippen molar-refractivity contribution in [1.29, 1.82) is 0 Å². The summed E-state index contributed by atoms with van der Waals surface area (Å²) in [5, 5.41) is 0. The molecule has 0 saturated heterocycles. The average Bonchev–Trinajstić information content (AvgIpc) is 2.76. The van der Waals surface area contributed by atoms with Crippen LogP contribution in [-0.4, -0.2) is 36.2 Å². The zero-order valence-electron chi connectivity index (χ0n) is 19.5. The van der Waals surface area contributed by atoms with Crippen molar-refractivity contribution in [3.63, 3.8) is 0 Å². The highest BCUT2D eigenvalue weighted by molar-refractivity contribution is 5.94. The number of para-hydroxylation sites is 1. The van der Waals surface area contributed by atoms with Gasteiger partial charge in [0, 0.05) is 35.8 Å². The molecule has 0 radical (unpaired) electrons. The molecular formula is C27H34N2O2. The quantitative estimate of drug-likeness (QED) is 0.392. The van der Waals surface area contributed by atoms with Crippen LogP contribution in [0.2, 0.25) is 0 Å². The first kappa shape index (κ1) is 24.3. The summed E-state index contributed by atoms with van der Waals surface area (Å²) >= 11 is 0. The lowest BCUT2D eigenvalue weighted by Gasteiger charge is -2.39. The first-order chi connectivity index (χ1) is 14.7. The van der Waals surface area contributed by atoms with E-state index >= 15 is 0 Å². The fourth-order valence-electron chi connectivity index (χ4n) is 3.71. The lowest BCUT2D eigenvalue weighted by Crippen LogP contribution is -2.44. The normalized spacial score (nSPS) is 13.1. The summed E-state index contributed by atoms with van der Waals surface area (Å²) in [5.41, 5.74) is 2.56. The molecule has 2 aromatic rings. The van der Waals surface area contributed by atoms with Gasteiger partial charge in [-0.1, -0.05) is 75.4 Å². The first-order valence-corrected chi connectivity index (χ1v) is 10.7. The summed E-state index contributed by atoms with van der Waals surface area (Å²) in [7, 11) is 2.11. The number of allylic oxidation sites excluding steroid dienone is 2. The van der Waals surface area contributed by atoms with Gasteiger partial charge in [0.25, 0.3) is 0 Å². The van der Waals surface area contributed by atoms with Gasteiger partial charge < -0.3 is 0 Å². The van der Waals surface area contributed by atoms with Gasteiger partial charge in [-0.25, -0.2) is 0 Å². The monoisotopic (exact) mass is 418 g/mol. The van der Waals surface area contributed by atoms with Crippen molar-refractivity contribution in [3.05, 3.63) is 90.2 Å². The van der Waals surface area contributed by atoms with Crippen LogP contribution in [0.3, 0.4) is 0 Å². The van der Waals surface area contributed by atoms with E-state index in [1.54, 1.807) is 24.9 Å². The number of nitrogens with zero attached hydrogens (tertiary/aromatic N) is 2. The fourth-order valence-corrected chi connectivity index (χ4v) is 3.71. The summed E-state index contributed by atoms with van der Waals surface area (Å²) in [4.78, 5) is 27.6. The van der Waals surface area contributed by atoms with Crippen molar-refractivity contribution in [2.24, 2.45) is 0 Å². The van der Waals surface area contributed by atoms with Crippen molar-refractivity contribution >= 4 is 17.4 Å². The molecule has 0 saturated carbocycles. The number of benzene rings is 2. The molecule has 0 heterocycles. The van der Waals surface area contributed by atoms with Crippen molar-refractivity contribution in [2.75, 3.05) is 18.5 Å². The molecule has 31 heavy (non-hydrogen) atoms. The lowest BCUT2D eigenvalue weighted by molar-refractivity contribution is -0.116. The molecule has 0 aliphatic carbocycles. The predicted molar refractivity (Wildman–Crippen MR) is 129 cm³/mol. The first-order valence-electron chi connectivity index (χ1n) is 10.7. The number of ketones is 1. The zero-order valence-corrected chi connectivity index (χ0v) is 19.5. The third-order valence-corrected chi connectivity index (χ3v) is 5.76. The van der Waals surface area contributed by atoms with Crippen LogP contribution in [0.4, 0.5) is 5.69 Å². The van der Waals surface area contributed by atoms with E-state index in [9.17, 15) is 9.59 Å². The number of Topliss-reactive ketones (excluding diaryl/α,β-unsaturated/α-hetero) is 1. The van der Waals surface area contributed by atoms with E-state index in [4.69, 9.17) is 0 Å². The molecule has 0 aromatic heterocycles. The second kappa shape index (κ2) is 10.9. The second-order valence-electron chi connectivity index (χ2n) is 8.32. The molecule has 0 N–H and O–H groups in total. The topological polar surface area (TPSA) is 40.6 Å². The number of amides is 1. The van der Waals surface area contributed by atoms with Crippen LogP contribution in [0.25, 0.3) is 0 Å². The van der Waals surface area contributed by atoms with Crippen LogP contribution >= 0.6 is 0 Å². The highest BCUT2D eigenvalue weighted by Gasteiger charge is 2.31. The SMILES string of the molecule is CCN(C)C(C=CC=CN(C(C)=O)c1ccccc1)C(C)(C)c1ccc(C(C)=O)cc1. The van der Waals surface area contributed by atoms with Gasteiger partial charge in [-0.05, 0) is 44.3 Å². The molecule has 1 atom stereocenters. The number of hydrogen-bond donors (Lipinski definition) is 0. The smallest absolute Gasteiger partial charge is 0.227 e. The van der Waals surface area contributed by atoms with E-state index in [1.165, 1.54) is 5.56 Å². The van der Waals surface area contributed by atoms with Gasteiger partial charge in [-0.3, -0.25) is 19.4 Å². The number of carbonyl (C=O) groups excluding carboxylic acids is 2. The molecule has 2 rings (SSSR count). The summed E-state index contributed by atoms with van der Waals surface area (Å²) < 4.78 is 0. The summed E-state index contributed by atoms with van der Waals surface area (Å²) in [6.07, 6.45) is 7.87. The molecule has 4 heteroatoms. The number of carbonyl (C=O) groups is 2. The maximum atomic E-state index is 12.1. The Morgan fingerprint density at radius 3 is 2.10 bits per heavy atom. The summed E-state index contributed by atoms with van der Waals surface area (Å²) in [6, 6.07) is 17.6.